The molecule has 1 N–H and O–H groups in total. The SMILES string of the molecule is O=C1CSC(=S)N1.[Tb]. The van der Waals surface area contributed by atoms with Gasteiger partial charge in [0.15, 0.2) is 0 Å². The second kappa shape index (κ2) is 4.08. The number of thiocarbonyl (C=S) groups is 1. The van der Waals surface area contributed by atoms with Crippen molar-refractivity contribution in [3.63, 3.8) is 0 Å². The topological polar surface area (TPSA) is 29.1 Å². The summed E-state index contributed by atoms with van der Waals surface area (Å²) in [6.45, 7) is 0. The summed E-state index contributed by atoms with van der Waals surface area (Å²) >= 11 is 6.00. The van der Waals surface area contributed by atoms with Crippen molar-refractivity contribution in [3.05, 3.63) is 0 Å². The van der Waals surface area contributed by atoms with Crippen LogP contribution in [0.5, 0.6) is 0 Å². The molecule has 0 spiro atoms. The molecule has 0 bridgehead atoms. The fourth-order valence-electron chi connectivity index (χ4n) is 0.317. The van der Waals surface area contributed by atoms with E-state index >= 15 is 0 Å². The van der Waals surface area contributed by atoms with E-state index in [0.717, 1.165) is 0 Å². The van der Waals surface area contributed by atoms with Crippen LogP contribution in [0.25, 0.3) is 0 Å². The molecule has 1 aliphatic heterocycles. The van der Waals surface area contributed by atoms with E-state index in [0.29, 0.717) is 10.1 Å². The molecule has 1 rings (SSSR count). The monoisotopic (exact) mass is 292 g/mol. The van der Waals surface area contributed by atoms with Crippen LogP contribution in [0.2, 0.25) is 0 Å². The molecule has 0 unspecified atom stereocenters. The Balaban J connectivity index is 0.000000490. The van der Waals surface area contributed by atoms with E-state index < -0.39 is 0 Å². The third-order valence-electron chi connectivity index (χ3n) is 0.576. The first kappa shape index (κ1) is 9.20. The van der Waals surface area contributed by atoms with Crippen molar-refractivity contribution in [3.8, 4) is 0 Å². The summed E-state index contributed by atoms with van der Waals surface area (Å²) in [6, 6.07) is 0. The Morgan fingerprint density at radius 2 is 2.38 bits per heavy atom. The molecule has 1 radical (unpaired) electrons. The number of carbonyl (C=O) groups is 1. The van der Waals surface area contributed by atoms with E-state index in [1.807, 2.05) is 0 Å². The zero-order valence-electron chi connectivity index (χ0n) is 3.77. The molecule has 8 heavy (non-hydrogen) atoms. The van der Waals surface area contributed by atoms with Gasteiger partial charge in [-0.2, -0.15) is 0 Å². The van der Waals surface area contributed by atoms with E-state index in [2.05, 4.69) is 17.5 Å². The average Bonchev–Trinajstić information content (AvgIpc) is 1.87. The van der Waals surface area contributed by atoms with Gasteiger partial charge in [0, 0.05) is 38.6 Å². The van der Waals surface area contributed by atoms with Gasteiger partial charge in [-0.25, -0.2) is 0 Å². The molecule has 47 valence electrons. The van der Waals surface area contributed by atoms with E-state index in [-0.39, 0.29) is 44.5 Å². The Kier molecular flexibility index (Phi) is 4.69. The Morgan fingerprint density at radius 3 is 2.50 bits per heavy atom. The van der Waals surface area contributed by atoms with Crippen molar-refractivity contribution < 1.29 is 43.4 Å². The van der Waals surface area contributed by atoms with Gasteiger partial charge in [-0.1, -0.05) is 24.0 Å². The fourth-order valence-corrected chi connectivity index (χ4v) is 1.13. The molecule has 1 aliphatic rings. The number of carbonyl (C=O) groups excluding carboxylic acids is 1. The number of rotatable bonds is 0. The number of nitrogens with one attached hydrogen (secondary N) is 1. The van der Waals surface area contributed by atoms with Gasteiger partial charge in [0.05, 0.1) is 5.75 Å². The maximum Gasteiger partial charge on any atom is 0.235 e. The molecular weight excluding hydrogens is 289 g/mol. The first-order valence-corrected chi connectivity index (χ1v) is 3.15. The molecule has 2 nitrogen and oxygen atoms in total. The van der Waals surface area contributed by atoms with Crippen molar-refractivity contribution in [2.45, 2.75) is 0 Å². The van der Waals surface area contributed by atoms with Gasteiger partial charge in [-0.15, -0.1) is 0 Å². The minimum atomic E-state index is 0. The molecular formula is C3H3NOS2Tb. The van der Waals surface area contributed by atoms with Gasteiger partial charge in [-0.3, -0.25) is 4.79 Å². The Hall–Kier alpha value is 1.20. The van der Waals surface area contributed by atoms with Crippen LogP contribution in [-0.2, 0) is 4.79 Å². The van der Waals surface area contributed by atoms with Crippen LogP contribution in [0.15, 0.2) is 0 Å². The van der Waals surface area contributed by atoms with E-state index in [1.165, 1.54) is 11.8 Å². The molecule has 0 saturated carbocycles. The minimum Gasteiger partial charge on any atom is -0.311 e. The molecule has 1 fully saturated rings. The van der Waals surface area contributed by atoms with Crippen molar-refractivity contribution >= 4 is 34.2 Å². The molecule has 0 atom stereocenters. The molecule has 1 heterocycles. The van der Waals surface area contributed by atoms with Crippen molar-refractivity contribution in [2.75, 3.05) is 5.75 Å². The number of hydrogen-bond donors (Lipinski definition) is 1. The first-order valence-electron chi connectivity index (χ1n) is 1.75. The quantitative estimate of drug-likeness (QED) is 0.644. The smallest absolute Gasteiger partial charge is 0.235 e. The summed E-state index contributed by atoms with van der Waals surface area (Å²) in [5, 5.41) is 2.47. The predicted octanol–water partition coefficient (Wildman–Crippen LogP) is 0.134. The molecule has 0 aromatic heterocycles. The third kappa shape index (κ3) is 2.66. The van der Waals surface area contributed by atoms with Crippen LogP contribution in [0.3, 0.4) is 0 Å². The van der Waals surface area contributed by atoms with Gasteiger partial charge >= 0.3 is 0 Å². The second-order valence-electron chi connectivity index (χ2n) is 1.12. The summed E-state index contributed by atoms with van der Waals surface area (Å²) in [7, 11) is 0. The summed E-state index contributed by atoms with van der Waals surface area (Å²) < 4.78 is 0.602. The van der Waals surface area contributed by atoms with Gasteiger partial charge in [0.1, 0.15) is 4.32 Å². The molecule has 1 amide bonds. The zero-order chi connectivity index (χ0) is 5.28. The molecule has 1 saturated heterocycles. The first-order chi connectivity index (χ1) is 3.29. The minimum absolute atomic E-state index is 0. The molecule has 0 aromatic rings. The van der Waals surface area contributed by atoms with Crippen LogP contribution in [0.4, 0.5) is 0 Å². The van der Waals surface area contributed by atoms with Crippen LogP contribution in [-0.4, -0.2) is 16.0 Å². The third-order valence-corrected chi connectivity index (χ3v) is 1.80. The number of hydrogen-bond acceptors (Lipinski definition) is 3. The average molecular weight is 292 g/mol. The van der Waals surface area contributed by atoms with E-state index in [9.17, 15) is 4.79 Å². The van der Waals surface area contributed by atoms with Crippen molar-refractivity contribution in [1.29, 1.82) is 0 Å². The standard InChI is InChI=1S/C3H3NOS2.Tb/c5-2-1-7-3(6)4-2;/h1H2,(H,4,5,6);. The van der Waals surface area contributed by atoms with Crippen LogP contribution in [0, 0.1) is 38.6 Å². The summed E-state index contributed by atoms with van der Waals surface area (Å²) in [5.41, 5.74) is 0. The fraction of sp³-hybridized carbons (Fsp3) is 0.333. The maximum absolute atomic E-state index is 10.2. The van der Waals surface area contributed by atoms with Gasteiger partial charge in [0.25, 0.3) is 0 Å². The maximum atomic E-state index is 10.2. The van der Waals surface area contributed by atoms with E-state index in [1.54, 1.807) is 0 Å². The molecule has 0 aliphatic carbocycles. The van der Waals surface area contributed by atoms with Crippen LogP contribution < -0.4 is 5.32 Å². The predicted molar refractivity (Wildman–Crippen MR) is 33.2 cm³/mol. The summed E-state index contributed by atoms with van der Waals surface area (Å²) in [6.07, 6.45) is 0. The van der Waals surface area contributed by atoms with Gasteiger partial charge < -0.3 is 5.32 Å². The Labute approximate surface area is 87.6 Å². The van der Waals surface area contributed by atoms with Crippen LogP contribution in [0.1, 0.15) is 0 Å². The van der Waals surface area contributed by atoms with Crippen molar-refractivity contribution in [1.82, 2.24) is 5.32 Å². The van der Waals surface area contributed by atoms with E-state index in [4.69, 9.17) is 0 Å². The largest absolute Gasteiger partial charge is 0.311 e. The zero-order valence-corrected chi connectivity index (χ0v) is 7.54. The summed E-state index contributed by atoms with van der Waals surface area (Å²) in [5.74, 6) is 0.522. The Bertz CT molecular complexity index is 112. The van der Waals surface area contributed by atoms with Crippen molar-refractivity contribution in [2.24, 2.45) is 0 Å². The van der Waals surface area contributed by atoms with Gasteiger partial charge in [0.2, 0.25) is 5.91 Å². The molecule has 0 aromatic carbocycles. The van der Waals surface area contributed by atoms with Gasteiger partial charge in [-0.05, 0) is 0 Å². The normalized spacial score (nSPS) is 17.5. The second-order valence-corrected chi connectivity index (χ2v) is 2.78. The number of thioether (sulfide) groups is 1. The number of amides is 1. The summed E-state index contributed by atoms with van der Waals surface area (Å²) in [4.78, 5) is 10.2. The molecule has 5 heteroatoms. The Morgan fingerprint density at radius 1 is 1.75 bits per heavy atom. The van der Waals surface area contributed by atoms with Crippen LogP contribution >= 0.6 is 24.0 Å².